The summed E-state index contributed by atoms with van der Waals surface area (Å²) in [5.41, 5.74) is 2.65. The summed E-state index contributed by atoms with van der Waals surface area (Å²) >= 11 is 0. The van der Waals surface area contributed by atoms with Crippen molar-refractivity contribution in [1.82, 2.24) is 5.32 Å². The number of hydrogen-bond acceptors (Lipinski definition) is 3. The van der Waals surface area contributed by atoms with E-state index in [1.807, 2.05) is 19.1 Å². The van der Waals surface area contributed by atoms with Gasteiger partial charge in [0.25, 0.3) is 10.0 Å². The normalized spacial score (nSPS) is 14.2. The molecule has 0 fully saturated rings. The number of carbonyl (C=O) groups is 1. The quantitative estimate of drug-likeness (QED) is 0.665. The van der Waals surface area contributed by atoms with Crippen LogP contribution < -0.4 is 9.62 Å². The maximum atomic E-state index is 13.4. The molecule has 2 aromatic rings. The Labute approximate surface area is 173 Å². The fraction of sp³-hybridized carbons (Fsp3) is 0.348. The Morgan fingerprint density at radius 2 is 1.76 bits per heavy atom. The summed E-state index contributed by atoms with van der Waals surface area (Å²) < 4.78 is 28.0. The Hall–Kier alpha value is -2.60. The molecule has 3 rings (SSSR count). The second-order valence-electron chi connectivity index (χ2n) is 7.19. The van der Waals surface area contributed by atoms with Gasteiger partial charge in [-0.3, -0.25) is 9.10 Å². The van der Waals surface area contributed by atoms with E-state index in [9.17, 15) is 13.2 Å². The van der Waals surface area contributed by atoms with Crippen molar-refractivity contribution in [3.63, 3.8) is 0 Å². The summed E-state index contributed by atoms with van der Waals surface area (Å²) in [5, 5.41) is 2.90. The molecular weight excluding hydrogens is 384 g/mol. The summed E-state index contributed by atoms with van der Waals surface area (Å²) in [5.74, 6) is -0.304. The standard InChI is InChI=1S/C23H28N2O3S/c1-2-20-13-9-10-16-22(20)25(29(27,28)21-14-7-4-8-15-21)18-23(26)24-17-19-11-5-3-6-12-19/h4,7-11,13-16H,2-3,5-6,12,17-18H2,1H3,(H,24,26). The zero-order valence-corrected chi connectivity index (χ0v) is 17.6. The first-order valence-electron chi connectivity index (χ1n) is 10.1. The average molecular weight is 413 g/mol. The van der Waals surface area contributed by atoms with E-state index in [1.165, 1.54) is 16.3 Å². The fourth-order valence-corrected chi connectivity index (χ4v) is 5.02. The van der Waals surface area contributed by atoms with Crippen molar-refractivity contribution in [1.29, 1.82) is 0 Å². The van der Waals surface area contributed by atoms with E-state index >= 15 is 0 Å². The van der Waals surface area contributed by atoms with Crippen LogP contribution in [0, 0.1) is 0 Å². The number of rotatable bonds is 8. The Morgan fingerprint density at radius 1 is 1.03 bits per heavy atom. The molecule has 5 nitrogen and oxygen atoms in total. The van der Waals surface area contributed by atoms with Gasteiger partial charge in [0.2, 0.25) is 5.91 Å². The number of nitrogens with one attached hydrogen (secondary N) is 1. The van der Waals surface area contributed by atoms with Gasteiger partial charge in [-0.05, 0) is 55.9 Å². The second-order valence-corrected chi connectivity index (χ2v) is 9.05. The summed E-state index contributed by atoms with van der Waals surface area (Å²) in [7, 11) is -3.87. The van der Waals surface area contributed by atoms with E-state index in [2.05, 4.69) is 11.4 Å². The molecule has 0 spiro atoms. The number of hydrogen-bond donors (Lipinski definition) is 1. The largest absolute Gasteiger partial charge is 0.351 e. The molecule has 0 aromatic heterocycles. The van der Waals surface area contributed by atoms with E-state index in [-0.39, 0.29) is 17.3 Å². The SMILES string of the molecule is CCc1ccccc1N(CC(=O)NCC1=CCCCC1)S(=O)(=O)c1ccccc1. The average Bonchev–Trinajstić information content (AvgIpc) is 2.77. The Balaban J connectivity index is 1.87. The molecule has 0 saturated carbocycles. The molecule has 0 bridgehead atoms. The smallest absolute Gasteiger partial charge is 0.264 e. The third-order valence-electron chi connectivity index (χ3n) is 5.16. The first kappa shape index (κ1) is 21.1. The van der Waals surface area contributed by atoms with Crippen LogP contribution in [0.25, 0.3) is 0 Å². The number of aryl methyl sites for hydroxylation is 1. The topological polar surface area (TPSA) is 66.5 Å². The highest BCUT2D eigenvalue weighted by molar-refractivity contribution is 7.92. The van der Waals surface area contributed by atoms with E-state index in [0.29, 0.717) is 18.7 Å². The molecule has 2 aromatic carbocycles. The number of benzene rings is 2. The Kier molecular flexibility index (Phi) is 7.09. The molecule has 0 heterocycles. The van der Waals surface area contributed by atoms with Crippen LogP contribution >= 0.6 is 0 Å². The molecule has 0 unspecified atom stereocenters. The van der Waals surface area contributed by atoms with Gasteiger partial charge in [0, 0.05) is 6.54 Å². The first-order valence-corrected chi connectivity index (χ1v) is 11.6. The van der Waals surface area contributed by atoms with Gasteiger partial charge in [0.1, 0.15) is 6.54 Å². The van der Waals surface area contributed by atoms with Gasteiger partial charge in [0.15, 0.2) is 0 Å². The number of amides is 1. The van der Waals surface area contributed by atoms with Crippen molar-refractivity contribution in [3.8, 4) is 0 Å². The van der Waals surface area contributed by atoms with Crippen LogP contribution in [0.3, 0.4) is 0 Å². The molecule has 1 aliphatic carbocycles. The third-order valence-corrected chi connectivity index (χ3v) is 6.93. The lowest BCUT2D eigenvalue weighted by molar-refractivity contribution is -0.119. The highest BCUT2D eigenvalue weighted by atomic mass is 32.2. The van der Waals surface area contributed by atoms with Gasteiger partial charge in [-0.15, -0.1) is 0 Å². The van der Waals surface area contributed by atoms with E-state index < -0.39 is 10.0 Å². The summed E-state index contributed by atoms with van der Waals surface area (Å²) in [4.78, 5) is 12.9. The zero-order chi connectivity index (χ0) is 20.7. The van der Waals surface area contributed by atoms with Gasteiger partial charge < -0.3 is 5.32 Å². The van der Waals surface area contributed by atoms with Crippen molar-refractivity contribution < 1.29 is 13.2 Å². The molecule has 1 N–H and O–H groups in total. The van der Waals surface area contributed by atoms with Crippen LogP contribution in [-0.4, -0.2) is 27.4 Å². The van der Waals surface area contributed by atoms with Crippen LogP contribution in [-0.2, 0) is 21.2 Å². The van der Waals surface area contributed by atoms with Crippen molar-refractivity contribution in [2.45, 2.75) is 43.9 Å². The maximum Gasteiger partial charge on any atom is 0.264 e. The van der Waals surface area contributed by atoms with Crippen LogP contribution in [0.2, 0.25) is 0 Å². The molecule has 0 aliphatic heterocycles. The summed E-state index contributed by atoms with van der Waals surface area (Å²) in [6, 6.07) is 15.6. The van der Waals surface area contributed by atoms with E-state index in [0.717, 1.165) is 24.8 Å². The van der Waals surface area contributed by atoms with E-state index in [4.69, 9.17) is 0 Å². The summed E-state index contributed by atoms with van der Waals surface area (Å²) in [6.45, 7) is 2.21. The molecule has 1 aliphatic rings. The molecule has 1 amide bonds. The van der Waals surface area contributed by atoms with Gasteiger partial charge in [-0.1, -0.05) is 55.0 Å². The fourth-order valence-electron chi connectivity index (χ4n) is 3.54. The lowest BCUT2D eigenvalue weighted by Crippen LogP contribution is -2.41. The molecule has 0 saturated heterocycles. The number of nitrogens with zero attached hydrogens (tertiary/aromatic N) is 1. The predicted molar refractivity (Wildman–Crippen MR) is 116 cm³/mol. The molecule has 6 heteroatoms. The minimum atomic E-state index is -3.87. The number of para-hydroxylation sites is 1. The van der Waals surface area contributed by atoms with Crippen molar-refractivity contribution in [2.24, 2.45) is 0 Å². The van der Waals surface area contributed by atoms with Crippen LogP contribution in [0.5, 0.6) is 0 Å². The number of allylic oxidation sites excluding steroid dienone is 1. The molecule has 0 atom stereocenters. The Bertz CT molecular complexity index is 969. The minimum absolute atomic E-state index is 0.175. The van der Waals surface area contributed by atoms with Crippen molar-refractivity contribution in [3.05, 3.63) is 71.8 Å². The first-order chi connectivity index (χ1) is 14.0. The molecule has 154 valence electrons. The van der Waals surface area contributed by atoms with Crippen LogP contribution in [0.1, 0.15) is 38.2 Å². The number of carbonyl (C=O) groups excluding carboxylic acids is 1. The maximum absolute atomic E-state index is 13.4. The highest BCUT2D eigenvalue weighted by Crippen LogP contribution is 2.27. The molecule has 0 radical (unpaired) electrons. The number of anilines is 1. The van der Waals surface area contributed by atoms with Gasteiger partial charge in [0.05, 0.1) is 10.6 Å². The molecular formula is C23H28N2O3S. The Morgan fingerprint density at radius 3 is 2.45 bits per heavy atom. The zero-order valence-electron chi connectivity index (χ0n) is 16.8. The monoisotopic (exact) mass is 412 g/mol. The van der Waals surface area contributed by atoms with Crippen molar-refractivity contribution in [2.75, 3.05) is 17.4 Å². The van der Waals surface area contributed by atoms with E-state index in [1.54, 1.807) is 42.5 Å². The molecule has 29 heavy (non-hydrogen) atoms. The van der Waals surface area contributed by atoms with Crippen molar-refractivity contribution >= 4 is 21.6 Å². The number of sulfonamides is 1. The lowest BCUT2D eigenvalue weighted by atomic mass is 10.00. The highest BCUT2D eigenvalue weighted by Gasteiger charge is 2.28. The van der Waals surface area contributed by atoms with Gasteiger partial charge in [-0.2, -0.15) is 0 Å². The van der Waals surface area contributed by atoms with Crippen LogP contribution in [0.15, 0.2) is 71.1 Å². The van der Waals surface area contributed by atoms with Gasteiger partial charge >= 0.3 is 0 Å². The summed E-state index contributed by atoms with van der Waals surface area (Å²) in [6.07, 6.45) is 7.21. The third kappa shape index (κ3) is 5.26. The minimum Gasteiger partial charge on any atom is -0.351 e. The lowest BCUT2D eigenvalue weighted by Gasteiger charge is -2.26. The second kappa shape index (κ2) is 9.74. The van der Waals surface area contributed by atoms with Crippen LogP contribution in [0.4, 0.5) is 5.69 Å². The predicted octanol–water partition coefficient (Wildman–Crippen LogP) is 4.06. The van der Waals surface area contributed by atoms with Gasteiger partial charge in [-0.25, -0.2) is 8.42 Å².